The van der Waals surface area contributed by atoms with Crippen LogP contribution in [0, 0.1) is 0 Å². The lowest BCUT2D eigenvalue weighted by Crippen LogP contribution is -2.49. The Hall–Kier alpha value is -1.93. The Bertz CT molecular complexity index is 721. The summed E-state index contributed by atoms with van der Waals surface area (Å²) in [7, 11) is -3.10. The molecule has 0 saturated carbocycles. The first-order valence-electron chi connectivity index (χ1n) is 7.28. The Morgan fingerprint density at radius 3 is 2.32 bits per heavy atom. The van der Waals surface area contributed by atoms with Gasteiger partial charge in [-0.1, -0.05) is 0 Å². The molecule has 7 nitrogen and oxygen atoms in total. The van der Waals surface area contributed by atoms with Gasteiger partial charge in [0.1, 0.15) is 18.0 Å². The quantitative estimate of drug-likeness (QED) is 0.830. The van der Waals surface area contributed by atoms with Crippen molar-refractivity contribution in [1.29, 1.82) is 0 Å². The van der Waals surface area contributed by atoms with E-state index in [0.29, 0.717) is 26.2 Å². The van der Waals surface area contributed by atoms with Crippen molar-refractivity contribution in [1.82, 2.24) is 18.8 Å². The minimum Gasteiger partial charge on any atom is -0.354 e. The van der Waals surface area contributed by atoms with Crippen molar-refractivity contribution < 1.29 is 8.42 Å². The van der Waals surface area contributed by atoms with Gasteiger partial charge in [-0.2, -0.15) is 4.31 Å². The zero-order chi connectivity index (χ0) is 15.6. The highest BCUT2D eigenvalue weighted by Crippen LogP contribution is 2.17. The second kappa shape index (κ2) is 6.05. The van der Waals surface area contributed by atoms with Crippen LogP contribution >= 0.6 is 0 Å². The molecule has 0 atom stereocenters. The molecule has 2 aromatic rings. The van der Waals surface area contributed by atoms with E-state index in [9.17, 15) is 8.42 Å². The number of nitrogens with zero attached hydrogens (tertiary/aromatic N) is 5. The Balaban J connectivity index is 1.73. The molecule has 3 heterocycles. The van der Waals surface area contributed by atoms with E-state index in [4.69, 9.17) is 0 Å². The van der Waals surface area contributed by atoms with Crippen LogP contribution in [-0.4, -0.2) is 59.2 Å². The molecule has 0 aromatic carbocycles. The molecule has 8 heteroatoms. The molecular weight excluding hydrogens is 302 g/mol. The highest BCUT2D eigenvalue weighted by molar-refractivity contribution is 7.89. The number of hydrogen-bond acceptors (Lipinski definition) is 5. The van der Waals surface area contributed by atoms with Gasteiger partial charge in [0.25, 0.3) is 0 Å². The predicted octanol–water partition coefficient (Wildman–Crippen LogP) is 0.739. The average Bonchev–Trinajstić information content (AvgIpc) is 3.10. The molecule has 0 bridgehead atoms. The number of rotatable bonds is 4. The summed E-state index contributed by atoms with van der Waals surface area (Å²) in [6.45, 7) is 3.95. The van der Waals surface area contributed by atoms with Crippen molar-refractivity contribution in [3.63, 3.8) is 0 Å². The summed E-state index contributed by atoms with van der Waals surface area (Å²) in [5, 5.41) is 0. The van der Waals surface area contributed by atoms with Gasteiger partial charge < -0.3 is 9.47 Å². The lowest BCUT2D eigenvalue weighted by atomic mass is 10.3. The smallest absolute Gasteiger partial charge is 0.213 e. The molecular formula is C14H19N5O2S. The molecule has 22 heavy (non-hydrogen) atoms. The van der Waals surface area contributed by atoms with E-state index in [0.717, 1.165) is 11.6 Å². The minimum atomic E-state index is -3.10. The van der Waals surface area contributed by atoms with E-state index in [1.807, 2.05) is 35.2 Å². The molecule has 3 rings (SSSR count). The largest absolute Gasteiger partial charge is 0.354 e. The van der Waals surface area contributed by atoms with E-state index in [1.165, 1.54) is 0 Å². The van der Waals surface area contributed by atoms with Crippen LogP contribution in [0.2, 0.25) is 0 Å². The molecule has 0 amide bonds. The normalized spacial score (nSPS) is 16.9. The van der Waals surface area contributed by atoms with Crippen LogP contribution in [0.3, 0.4) is 0 Å². The average molecular weight is 321 g/mol. The first kappa shape index (κ1) is 15.0. The SMILES string of the molecule is CCS(=O)(=O)N1CCN(c2cc(-n3cccc3)ncn2)CC1. The van der Waals surface area contributed by atoms with Crippen LogP contribution in [-0.2, 0) is 10.0 Å². The van der Waals surface area contributed by atoms with Crippen molar-refractivity contribution >= 4 is 15.8 Å². The van der Waals surface area contributed by atoms with Crippen LogP contribution in [0.5, 0.6) is 0 Å². The summed E-state index contributed by atoms with van der Waals surface area (Å²) < 4.78 is 27.2. The highest BCUT2D eigenvalue weighted by Gasteiger charge is 2.26. The molecule has 0 aliphatic carbocycles. The Morgan fingerprint density at radius 1 is 1.05 bits per heavy atom. The van der Waals surface area contributed by atoms with Gasteiger partial charge in [-0.3, -0.25) is 0 Å². The van der Waals surface area contributed by atoms with Gasteiger partial charge in [0, 0.05) is 44.6 Å². The van der Waals surface area contributed by atoms with Crippen molar-refractivity contribution in [3.05, 3.63) is 36.9 Å². The molecule has 0 unspecified atom stereocenters. The molecule has 0 radical (unpaired) electrons. The number of piperazine rings is 1. The monoisotopic (exact) mass is 321 g/mol. The Kier molecular flexibility index (Phi) is 4.12. The molecule has 0 spiro atoms. The number of anilines is 1. The molecule has 0 N–H and O–H groups in total. The zero-order valence-electron chi connectivity index (χ0n) is 12.5. The summed E-state index contributed by atoms with van der Waals surface area (Å²) in [4.78, 5) is 10.7. The van der Waals surface area contributed by atoms with Crippen LogP contribution in [0.1, 0.15) is 6.92 Å². The summed E-state index contributed by atoms with van der Waals surface area (Å²) >= 11 is 0. The van der Waals surface area contributed by atoms with Gasteiger partial charge in [0.2, 0.25) is 10.0 Å². The standard InChI is InChI=1S/C14H19N5O2S/c1-2-22(20,21)19-9-7-18(8-10-19)14-11-13(15-12-16-14)17-5-3-4-6-17/h3-6,11-12H,2,7-10H2,1H3. The summed E-state index contributed by atoms with van der Waals surface area (Å²) in [5.74, 6) is 1.78. The van der Waals surface area contributed by atoms with E-state index in [2.05, 4.69) is 14.9 Å². The first-order valence-corrected chi connectivity index (χ1v) is 8.89. The molecule has 2 aromatic heterocycles. The topological polar surface area (TPSA) is 71.3 Å². The van der Waals surface area contributed by atoms with Crippen LogP contribution in [0.4, 0.5) is 5.82 Å². The van der Waals surface area contributed by atoms with Gasteiger partial charge in [0.15, 0.2) is 0 Å². The van der Waals surface area contributed by atoms with E-state index in [-0.39, 0.29) is 5.75 Å². The third kappa shape index (κ3) is 2.97. The van der Waals surface area contributed by atoms with Gasteiger partial charge in [-0.25, -0.2) is 18.4 Å². The Morgan fingerprint density at radius 2 is 1.68 bits per heavy atom. The third-order valence-corrected chi connectivity index (χ3v) is 5.71. The molecule has 1 aliphatic rings. The van der Waals surface area contributed by atoms with Crippen LogP contribution in [0.25, 0.3) is 5.82 Å². The fourth-order valence-corrected chi connectivity index (χ4v) is 3.60. The lowest BCUT2D eigenvalue weighted by Gasteiger charge is -2.34. The highest BCUT2D eigenvalue weighted by atomic mass is 32.2. The summed E-state index contributed by atoms with van der Waals surface area (Å²) in [6.07, 6.45) is 5.40. The molecule has 1 fully saturated rings. The van der Waals surface area contributed by atoms with Gasteiger partial charge >= 0.3 is 0 Å². The minimum absolute atomic E-state index is 0.151. The number of aromatic nitrogens is 3. The van der Waals surface area contributed by atoms with Crippen LogP contribution in [0.15, 0.2) is 36.9 Å². The maximum Gasteiger partial charge on any atom is 0.213 e. The molecule has 1 aliphatic heterocycles. The summed E-state index contributed by atoms with van der Waals surface area (Å²) in [6, 6.07) is 5.80. The van der Waals surface area contributed by atoms with Crippen molar-refractivity contribution in [2.24, 2.45) is 0 Å². The molecule has 118 valence electrons. The van der Waals surface area contributed by atoms with Crippen molar-refractivity contribution in [2.75, 3.05) is 36.8 Å². The van der Waals surface area contributed by atoms with E-state index in [1.54, 1.807) is 17.6 Å². The fourth-order valence-electron chi connectivity index (χ4n) is 2.52. The lowest BCUT2D eigenvalue weighted by molar-refractivity contribution is 0.384. The zero-order valence-corrected chi connectivity index (χ0v) is 13.3. The van der Waals surface area contributed by atoms with E-state index < -0.39 is 10.0 Å². The van der Waals surface area contributed by atoms with Gasteiger partial charge in [-0.05, 0) is 19.1 Å². The fraction of sp³-hybridized carbons (Fsp3) is 0.429. The summed E-state index contributed by atoms with van der Waals surface area (Å²) in [5.41, 5.74) is 0. The number of hydrogen-bond donors (Lipinski definition) is 0. The van der Waals surface area contributed by atoms with E-state index >= 15 is 0 Å². The number of sulfonamides is 1. The Labute approximate surface area is 130 Å². The second-order valence-electron chi connectivity index (χ2n) is 5.11. The first-order chi connectivity index (χ1) is 10.6. The third-order valence-electron chi connectivity index (χ3n) is 3.83. The maximum absolute atomic E-state index is 11.9. The van der Waals surface area contributed by atoms with Gasteiger partial charge in [0.05, 0.1) is 5.75 Å². The maximum atomic E-state index is 11.9. The predicted molar refractivity (Wildman–Crippen MR) is 84.6 cm³/mol. The second-order valence-corrected chi connectivity index (χ2v) is 7.37. The van der Waals surface area contributed by atoms with Crippen molar-refractivity contribution in [3.8, 4) is 5.82 Å². The van der Waals surface area contributed by atoms with Crippen molar-refractivity contribution in [2.45, 2.75) is 6.92 Å². The van der Waals surface area contributed by atoms with Gasteiger partial charge in [-0.15, -0.1) is 0 Å². The molecule has 1 saturated heterocycles. The van der Waals surface area contributed by atoms with Crippen LogP contribution < -0.4 is 4.90 Å².